The number of aryl methyl sites for hydroxylation is 1. The number of fused-ring (bicyclic) bond motifs is 1. The van der Waals surface area contributed by atoms with Crippen molar-refractivity contribution in [1.29, 1.82) is 0 Å². The van der Waals surface area contributed by atoms with Crippen molar-refractivity contribution in [3.63, 3.8) is 0 Å². The third-order valence-corrected chi connectivity index (χ3v) is 5.98. The van der Waals surface area contributed by atoms with Gasteiger partial charge in [-0.15, -0.1) is 0 Å². The molecule has 0 aliphatic carbocycles. The molecule has 2 aromatic carbocycles. The van der Waals surface area contributed by atoms with Gasteiger partial charge >= 0.3 is 0 Å². The third-order valence-electron chi connectivity index (χ3n) is 4.04. The summed E-state index contributed by atoms with van der Waals surface area (Å²) in [5, 5.41) is 10.7. The summed E-state index contributed by atoms with van der Waals surface area (Å²) in [5.41, 5.74) is 1.88. The summed E-state index contributed by atoms with van der Waals surface area (Å²) in [6.07, 6.45) is 4.17. The van der Waals surface area contributed by atoms with Crippen LogP contribution in [-0.2, 0) is 16.7 Å². The highest BCUT2D eigenvalue weighted by atomic mass is 32.2. The molecule has 8 heteroatoms. The van der Waals surface area contributed by atoms with Crippen molar-refractivity contribution in [2.24, 2.45) is 0 Å². The minimum atomic E-state index is -3.98. The fourth-order valence-corrected chi connectivity index (χ4v) is 4.36. The number of phenols is 1. The molecule has 0 aliphatic heterocycles. The molecule has 0 bridgehead atoms. The summed E-state index contributed by atoms with van der Waals surface area (Å²) in [6, 6.07) is 13.0. The Hall–Kier alpha value is -2.42. The Labute approximate surface area is 161 Å². The number of rotatable bonds is 7. The summed E-state index contributed by atoms with van der Waals surface area (Å²) in [6.45, 7) is 0.475. The molecule has 6 nitrogen and oxygen atoms in total. The Morgan fingerprint density at radius 3 is 2.70 bits per heavy atom. The van der Waals surface area contributed by atoms with Gasteiger partial charge in [0.15, 0.2) is 18.0 Å². The molecule has 27 heavy (non-hydrogen) atoms. The molecule has 3 aromatic rings. The lowest BCUT2D eigenvalue weighted by Gasteiger charge is -2.03. The van der Waals surface area contributed by atoms with Gasteiger partial charge in [0.1, 0.15) is 4.70 Å². The molecule has 0 saturated carbocycles. The van der Waals surface area contributed by atoms with Crippen LogP contribution >= 0.6 is 11.3 Å². The highest BCUT2D eigenvalue weighted by molar-refractivity contribution is 7.85. The molecular weight excluding hydrogens is 386 g/mol. The first-order valence-electron chi connectivity index (χ1n) is 8.29. The molecule has 0 aliphatic rings. The first-order chi connectivity index (χ1) is 12.9. The second-order valence-corrected chi connectivity index (χ2v) is 8.60. The normalized spacial score (nSPS) is 12.1. The van der Waals surface area contributed by atoms with Gasteiger partial charge in [0, 0.05) is 18.6 Å². The monoisotopic (exact) mass is 406 g/mol. The highest BCUT2D eigenvalue weighted by Crippen LogP contribution is 2.28. The second kappa shape index (κ2) is 8.08. The van der Waals surface area contributed by atoms with E-state index < -0.39 is 10.1 Å². The Morgan fingerprint density at radius 1 is 1.19 bits per heavy atom. The second-order valence-electron chi connectivity index (χ2n) is 5.96. The number of thiazole rings is 1. The van der Waals surface area contributed by atoms with E-state index >= 15 is 0 Å². The zero-order chi connectivity index (χ0) is 19.4. The van der Waals surface area contributed by atoms with Crippen molar-refractivity contribution in [3.8, 4) is 11.5 Å². The van der Waals surface area contributed by atoms with Gasteiger partial charge in [0.25, 0.3) is 15.1 Å². The van der Waals surface area contributed by atoms with Crippen LogP contribution in [0.4, 0.5) is 0 Å². The van der Waals surface area contributed by atoms with Gasteiger partial charge in [0.2, 0.25) is 5.52 Å². The number of ether oxygens (including phenoxy) is 1. The van der Waals surface area contributed by atoms with Crippen LogP contribution in [0.3, 0.4) is 0 Å². The Morgan fingerprint density at radius 2 is 1.96 bits per heavy atom. The molecule has 1 aromatic heterocycles. The summed E-state index contributed by atoms with van der Waals surface area (Å²) in [7, 11) is -2.48. The van der Waals surface area contributed by atoms with Gasteiger partial charge < -0.3 is 9.84 Å². The number of para-hydroxylation sites is 1. The molecule has 0 spiro atoms. The van der Waals surface area contributed by atoms with E-state index in [2.05, 4.69) is 0 Å². The third kappa shape index (κ3) is 4.85. The van der Waals surface area contributed by atoms with E-state index in [9.17, 15) is 13.5 Å². The van der Waals surface area contributed by atoms with Crippen LogP contribution in [0.1, 0.15) is 17.0 Å². The Balaban J connectivity index is 1.92. The summed E-state index contributed by atoms with van der Waals surface area (Å²) in [5.74, 6) is 0.203. The number of methoxy groups -OCH3 is 1. The van der Waals surface area contributed by atoms with Gasteiger partial charge in [-0.2, -0.15) is 13.0 Å². The number of aromatic nitrogens is 1. The molecule has 2 N–H and O–H groups in total. The molecule has 0 unspecified atom stereocenters. The minimum Gasteiger partial charge on any atom is -0.504 e. The largest absolute Gasteiger partial charge is 0.504 e. The van der Waals surface area contributed by atoms with Crippen LogP contribution in [0.25, 0.3) is 22.4 Å². The predicted octanol–water partition coefficient (Wildman–Crippen LogP) is 3.35. The lowest BCUT2D eigenvalue weighted by Crippen LogP contribution is -2.35. The Kier molecular flexibility index (Phi) is 5.79. The van der Waals surface area contributed by atoms with Crippen molar-refractivity contribution in [2.75, 3.05) is 12.9 Å². The number of phenolic OH excluding ortho intramolecular Hbond substituents is 1. The smallest absolute Gasteiger partial charge is 0.265 e. The topological polar surface area (TPSA) is 87.7 Å². The molecule has 0 atom stereocenters. The van der Waals surface area contributed by atoms with Gasteiger partial charge in [0.05, 0.1) is 12.9 Å². The van der Waals surface area contributed by atoms with Crippen LogP contribution in [-0.4, -0.2) is 30.9 Å². The highest BCUT2D eigenvalue weighted by Gasteiger charge is 2.19. The van der Waals surface area contributed by atoms with Crippen molar-refractivity contribution >= 4 is 43.8 Å². The van der Waals surface area contributed by atoms with Crippen molar-refractivity contribution in [2.45, 2.75) is 13.0 Å². The SMILES string of the molecule is COc1cc(/C=C/c2sc3ccccc3[n+]2CCCS(=O)(=O)O)ccc1O. The van der Waals surface area contributed by atoms with Crippen molar-refractivity contribution < 1.29 is 27.4 Å². The van der Waals surface area contributed by atoms with Gasteiger partial charge in [-0.05, 0) is 29.8 Å². The molecule has 0 fully saturated rings. The average molecular weight is 407 g/mol. The van der Waals surface area contributed by atoms with E-state index in [1.54, 1.807) is 29.5 Å². The molecule has 3 rings (SSSR count). The van der Waals surface area contributed by atoms with Gasteiger partial charge in [-0.3, -0.25) is 4.55 Å². The Bertz CT molecular complexity index is 1090. The van der Waals surface area contributed by atoms with E-state index in [0.717, 1.165) is 20.8 Å². The zero-order valence-corrected chi connectivity index (χ0v) is 16.3. The fraction of sp³-hybridized carbons (Fsp3) is 0.211. The maximum atomic E-state index is 11.0. The average Bonchev–Trinajstić information content (AvgIpc) is 2.98. The van der Waals surface area contributed by atoms with Crippen LogP contribution in [0.5, 0.6) is 11.5 Å². The van der Waals surface area contributed by atoms with Crippen LogP contribution in [0.2, 0.25) is 0 Å². The van der Waals surface area contributed by atoms with E-state index in [-0.39, 0.29) is 11.5 Å². The van der Waals surface area contributed by atoms with Crippen LogP contribution in [0, 0.1) is 0 Å². The van der Waals surface area contributed by atoms with E-state index in [0.29, 0.717) is 18.7 Å². The maximum absolute atomic E-state index is 11.0. The van der Waals surface area contributed by atoms with Gasteiger partial charge in [-0.25, -0.2) is 0 Å². The molecular formula is C19H20NO5S2+. The molecule has 0 radical (unpaired) electrons. The first-order valence-corrected chi connectivity index (χ1v) is 10.7. The number of benzene rings is 2. The summed E-state index contributed by atoms with van der Waals surface area (Å²) in [4.78, 5) is 0. The van der Waals surface area contributed by atoms with E-state index in [1.165, 1.54) is 7.11 Å². The van der Waals surface area contributed by atoms with E-state index in [4.69, 9.17) is 9.29 Å². The molecule has 0 saturated heterocycles. The van der Waals surface area contributed by atoms with Crippen LogP contribution < -0.4 is 9.30 Å². The zero-order valence-electron chi connectivity index (χ0n) is 14.7. The van der Waals surface area contributed by atoms with Crippen LogP contribution in [0.15, 0.2) is 42.5 Å². The predicted molar refractivity (Wildman–Crippen MR) is 107 cm³/mol. The number of hydrogen-bond donors (Lipinski definition) is 2. The standard InChI is InChI=1S/C19H19NO5S2/c1-25-17-13-14(7-9-16(17)21)8-10-19-20(11-4-12-27(22,23)24)15-5-2-3-6-18(15)26-19/h2-3,5-10,13H,4,11-12H2,1H3,(H,22,23,24)/p+1. The van der Waals surface area contributed by atoms with Crippen molar-refractivity contribution in [1.82, 2.24) is 0 Å². The minimum absolute atomic E-state index is 0.0804. The molecule has 1 heterocycles. The van der Waals surface area contributed by atoms with Gasteiger partial charge in [-0.1, -0.05) is 29.5 Å². The van der Waals surface area contributed by atoms with E-state index in [1.807, 2.05) is 41.0 Å². The summed E-state index contributed by atoms with van der Waals surface area (Å²) < 4.78 is 39.2. The number of hydrogen-bond acceptors (Lipinski definition) is 5. The number of aromatic hydroxyl groups is 1. The van der Waals surface area contributed by atoms with Crippen molar-refractivity contribution in [3.05, 3.63) is 53.0 Å². The lowest BCUT2D eigenvalue weighted by atomic mass is 10.2. The quantitative estimate of drug-likeness (QED) is 0.464. The lowest BCUT2D eigenvalue weighted by molar-refractivity contribution is -0.668. The number of nitrogens with zero attached hydrogens (tertiary/aromatic N) is 1. The molecule has 142 valence electrons. The maximum Gasteiger partial charge on any atom is 0.265 e. The first kappa shape index (κ1) is 19.3. The fourth-order valence-electron chi connectivity index (χ4n) is 2.78. The summed E-state index contributed by atoms with van der Waals surface area (Å²) >= 11 is 1.60. The molecule has 0 amide bonds.